The van der Waals surface area contributed by atoms with Gasteiger partial charge in [0.2, 0.25) is 0 Å². The third-order valence-corrected chi connectivity index (χ3v) is 4.64. The zero-order valence-electron chi connectivity index (χ0n) is 13.2. The van der Waals surface area contributed by atoms with Gasteiger partial charge in [-0.25, -0.2) is 0 Å². The first-order valence-electron chi connectivity index (χ1n) is 8.45. The molecule has 1 aromatic carbocycles. The van der Waals surface area contributed by atoms with Crippen LogP contribution < -0.4 is 4.74 Å². The Bertz CT molecular complexity index is 544. The summed E-state index contributed by atoms with van der Waals surface area (Å²) in [6, 6.07) is 10.0. The lowest BCUT2D eigenvalue weighted by Crippen LogP contribution is -2.25. The predicted molar refractivity (Wildman–Crippen MR) is 92.7 cm³/mol. The van der Waals surface area contributed by atoms with Crippen molar-refractivity contribution in [2.45, 2.75) is 50.5 Å². The zero-order chi connectivity index (χ0) is 15.1. The van der Waals surface area contributed by atoms with Crippen molar-refractivity contribution in [2.75, 3.05) is 6.61 Å². The molecule has 0 bridgehead atoms. The van der Waals surface area contributed by atoms with Crippen LogP contribution in [0, 0.1) is 0 Å². The number of rotatable bonds is 7. The second-order valence-electron chi connectivity index (χ2n) is 6.26. The first kappa shape index (κ1) is 15.1. The average molecular weight is 295 g/mol. The van der Waals surface area contributed by atoms with Crippen LogP contribution in [0.1, 0.15) is 44.9 Å². The van der Waals surface area contributed by atoms with E-state index in [4.69, 9.17) is 9.73 Å². The molecule has 2 aliphatic rings. The van der Waals surface area contributed by atoms with Crippen LogP contribution in [-0.4, -0.2) is 18.4 Å². The quantitative estimate of drug-likeness (QED) is 0.640. The molecule has 0 aromatic heterocycles. The van der Waals surface area contributed by atoms with E-state index in [9.17, 15) is 0 Å². The summed E-state index contributed by atoms with van der Waals surface area (Å²) in [5.74, 6) is 0.943. The number of aliphatic imine (C=N–C) groups is 1. The van der Waals surface area contributed by atoms with Crippen LogP contribution in [0.3, 0.4) is 0 Å². The fraction of sp³-hybridized carbons (Fsp3) is 0.450. The number of para-hydroxylation sites is 1. The van der Waals surface area contributed by atoms with Crippen molar-refractivity contribution in [3.63, 3.8) is 0 Å². The van der Waals surface area contributed by atoms with Gasteiger partial charge in [0.15, 0.2) is 0 Å². The van der Waals surface area contributed by atoms with Crippen LogP contribution in [0.2, 0.25) is 0 Å². The van der Waals surface area contributed by atoms with E-state index in [0.717, 1.165) is 18.6 Å². The van der Waals surface area contributed by atoms with Crippen molar-refractivity contribution in [3.8, 4) is 5.75 Å². The minimum atomic E-state index is -0.0485. The maximum absolute atomic E-state index is 5.86. The third kappa shape index (κ3) is 4.09. The molecule has 116 valence electrons. The van der Waals surface area contributed by atoms with Crippen LogP contribution in [0.5, 0.6) is 5.75 Å². The highest BCUT2D eigenvalue weighted by molar-refractivity contribution is 5.75. The largest absolute Gasteiger partial charge is 0.493 e. The molecule has 0 radical (unpaired) electrons. The van der Waals surface area contributed by atoms with Crippen molar-refractivity contribution in [2.24, 2.45) is 4.99 Å². The number of hydrogen-bond donors (Lipinski definition) is 0. The summed E-state index contributed by atoms with van der Waals surface area (Å²) >= 11 is 0. The van der Waals surface area contributed by atoms with Crippen LogP contribution in [0.25, 0.3) is 0 Å². The number of benzene rings is 1. The highest BCUT2D eigenvalue weighted by Gasteiger charge is 2.28. The predicted octanol–water partition coefficient (Wildman–Crippen LogP) is 5.12. The fourth-order valence-corrected chi connectivity index (χ4v) is 3.25. The van der Waals surface area contributed by atoms with Gasteiger partial charge in [-0.1, -0.05) is 35.9 Å². The first-order chi connectivity index (χ1) is 10.9. The van der Waals surface area contributed by atoms with E-state index >= 15 is 0 Å². The Balaban J connectivity index is 1.52. The van der Waals surface area contributed by atoms with Gasteiger partial charge in [0.1, 0.15) is 5.75 Å². The van der Waals surface area contributed by atoms with E-state index in [1.807, 2.05) is 36.5 Å². The third-order valence-electron chi connectivity index (χ3n) is 4.64. The van der Waals surface area contributed by atoms with Crippen molar-refractivity contribution in [1.29, 1.82) is 0 Å². The average Bonchev–Trinajstić information content (AvgIpc) is 3.04. The van der Waals surface area contributed by atoms with Gasteiger partial charge < -0.3 is 4.74 Å². The lowest BCUT2D eigenvalue weighted by Gasteiger charge is -2.25. The summed E-state index contributed by atoms with van der Waals surface area (Å²) in [7, 11) is 0. The Morgan fingerprint density at radius 2 is 2.00 bits per heavy atom. The molecule has 1 aromatic rings. The first-order valence-corrected chi connectivity index (χ1v) is 8.45. The van der Waals surface area contributed by atoms with Crippen LogP contribution in [0.4, 0.5) is 0 Å². The molecule has 0 N–H and O–H groups in total. The summed E-state index contributed by atoms with van der Waals surface area (Å²) in [5.41, 5.74) is 1.58. The van der Waals surface area contributed by atoms with Crippen LogP contribution >= 0.6 is 0 Å². The van der Waals surface area contributed by atoms with E-state index in [1.165, 1.54) is 32.1 Å². The van der Waals surface area contributed by atoms with Gasteiger partial charge in [-0.15, -0.1) is 0 Å². The van der Waals surface area contributed by atoms with Gasteiger partial charge in [-0.05, 0) is 56.7 Å². The fourth-order valence-electron chi connectivity index (χ4n) is 3.25. The number of hydrogen-bond acceptors (Lipinski definition) is 2. The Kier molecular flexibility index (Phi) is 5.10. The van der Waals surface area contributed by atoms with Crippen molar-refractivity contribution in [1.82, 2.24) is 0 Å². The minimum Gasteiger partial charge on any atom is -0.493 e. The Morgan fingerprint density at radius 1 is 1.09 bits per heavy atom. The van der Waals surface area contributed by atoms with Gasteiger partial charge in [-0.2, -0.15) is 0 Å². The molecule has 0 spiro atoms. The van der Waals surface area contributed by atoms with Gasteiger partial charge >= 0.3 is 0 Å². The maximum atomic E-state index is 5.86. The number of allylic oxidation sites excluding steroid dienone is 3. The zero-order valence-corrected chi connectivity index (χ0v) is 13.2. The molecule has 1 aliphatic carbocycles. The Labute approximate surface area is 133 Å². The molecule has 0 fully saturated rings. The lowest BCUT2D eigenvalue weighted by atomic mass is 9.86. The second-order valence-corrected chi connectivity index (χ2v) is 6.26. The van der Waals surface area contributed by atoms with Crippen LogP contribution in [0.15, 0.2) is 59.1 Å². The Hall–Kier alpha value is -1.83. The van der Waals surface area contributed by atoms with Gasteiger partial charge in [0, 0.05) is 12.6 Å². The van der Waals surface area contributed by atoms with E-state index in [0.29, 0.717) is 6.61 Å². The summed E-state index contributed by atoms with van der Waals surface area (Å²) in [6.07, 6.45) is 17.2. The van der Waals surface area contributed by atoms with E-state index in [2.05, 4.69) is 18.2 Å². The molecule has 2 nitrogen and oxygen atoms in total. The number of ether oxygens (including phenoxy) is 1. The molecule has 22 heavy (non-hydrogen) atoms. The maximum Gasteiger partial charge on any atom is 0.119 e. The monoisotopic (exact) mass is 295 g/mol. The summed E-state index contributed by atoms with van der Waals surface area (Å²) < 4.78 is 5.86. The van der Waals surface area contributed by atoms with Gasteiger partial charge in [0.05, 0.1) is 12.1 Å². The highest BCUT2D eigenvalue weighted by Crippen LogP contribution is 2.31. The smallest absolute Gasteiger partial charge is 0.119 e. The summed E-state index contributed by atoms with van der Waals surface area (Å²) in [4.78, 5) is 4.74. The molecule has 1 unspecified atom stereocenters. The number of nitrogens with zero attached hydrogens (tertiary/aromatic N) is 1. The molecular formula is C20H25NO. The van der Waals surface area contributed by atoms with Gasteiger partial charge in [-0.3, -0.25) is 4.99 Å². The van der Waals surface area contributed by atoms with E-state index < -0.39 is 0 Å². The second kappa shape index (κ2) is 7.44. The molecule has 0 amide bonds. The van der Waals surface area contributed by atoms with E-state index in [1.54, 1.807) is 5.57 Å². The topological polar surface area (TPSA) is 21.6 Å². The van der Waals surface area contributed by atoms with Crippen molar-refractivity contribution >= 4 is 6.21 Å². The summed E-state index contributed by atoms with van der Waals surface area (Å²) in [6.45, 7) is 0.713. The normalized spacial score (nSPS) is 23.5. The molecule has 0 saturated carbocycles. The molecule has 3 rings (SSSR count). The Morgan fingerprint density at radius 3 is 2.73 bits per heavy atom. The molecular weight excluding hydrogens is 270 g/mol. The lowest BCUT2D eigenvalue weighted by molar-refractivity contribution is 0.274. The van der Waals surface area contributed by atoms with Crippen molar-refractivity contribution in [3.05, 3.63) is 54.1 Å². The van der Waals surface area contributed by atoms with Gasteiger partial charge in [0.25, 0.3) is 0 Å². The molecule has 1 aliphatic heterocycles. The highest BCUT2D eigenvalue weighted by atomic mass is 16.5. The molecule has 2 heteroatoms. The minimum absolute atomic E-state index is 0.0485. The summed E-state index contributed by atoms with van der Waals surface area (Å²) in [5, 5.41) is 0. The standard InChI is InChI=1S/C20H25NO/c1-3-8-18(9-4-1)12-14-20(13-7-16-21-20)15-17-22-19-10-5-2-6-11-19/h2,5-8,10-11,13,16H,1,3-4,9,12,14-15,17H2. The van der Waals surface area contributed by atoms with Crippen LogP contribution in [-0.2, 0) is 0 Å². The molecule has 0 saturated heterocycles. The molecule has 1 atom stereocenters. The van der Waals surface area contributed by atoms with Crippen molar-refractivity contribution < 1.29 is 4.74 Å². The van der Waals surface area contributed by atoms with E-state index in [-0.39, 0.29) is 5.54 Å². The molecule has 1 heterocycles. The SMILES string of the molecule is C1=CC(CCOc2ccccc2)(CCC2=CCCCC2)N=C1.